The van der Waals surface area contributed by atoms with Crippen LogP contribution in [0, 0.1) is 12.3 Å². The second-order valence-electron chi connectivity index (χ2n) is 10.2. The molecule has 1 spiro atoms. The third-order valence-electron chi connectivity index (χ3n) is 6.35. The van der Waals surface area contributed by atoms with Gasteiger partial charge in [-0.25, -0.2) is 0 Å². The molecule has 1 unspecified atom stereocenters. The van der Waals surface area contributed by atoms with E-state index in [0.29, 0.717) is 0 Å². The summed E-state index contributed by atoms with van der Waals surface area (Å²) in [4.78, 5) is 12.7. The molecule has 0 radical (unpaired) electrons. The molecule has 8 heteroatoms. The molecule has 180 valence electrons. The van der Waals surface area contributed by atoms with Crippen LogP contribution in [-0.2, 0) is 28.6 Å². The molecule has 1 saturated heterocycles. The average molecular weight is 468 g/mol. The molecule has 0 amide bonds. The minimum atomic E-state index is -3.76. The van der Waals surface area contributed by atoms with Crippen LogP contribution in [0.5, 0.6) is 0 Å². The van der Waals surface area contributed by atoms with Gasteiger partial charge in [0.15, 0.2) is 0 Å². The van der Waals surface area contributed by atoms with Gasteiger partial charge < -0.3 is 14.8 Å². The largest absolute Gasteiger partial charge is 0.459 e. The van der Waals surface area contributed by atoms with Crippen LogP contribution in [0.1, 0.15) is 64.9 Å². The minimum Gasteiger partial charge on any atom is -0.459 e. The van der Waals surface area contributed by atoms with E-state index < -0.39 is 15.7 Å². The Balaban J connectivity index is 1.41. The topological polar surface area (TPSA) is 90.9 Å². The molecule has 0 aromatic heterocycles. The predicted molar refractivity (Wildman–Crippen MR) is 122 cm³/mol. The van der Waals surface area contributed by atoms with E-state index in [4.69, 9.17) is 13.7 Å². The summed E-state index contributed by atoms with van der Waals surface area (Å²) in [5.41, 5.74) is 0.662. The second-order valence-corrected chi connectivity index (χ2v) is 11.8. The van der Waals surface area contributed by atoms with Crippen LogP contribution in [0.4, 0.5) is 0 Å². The molecule has 1 aromatic rings. The first-order valence-electron chi connectivity index (χ1n) is 11.5. The maximum Gasteiger partial charge on any atom is 0.323 e. The van der Waals surface area contributed by atoms with Crippen LogP contribution >= 0.6 is 0 Å². The molecule has 2 fully saturated rings. The van der Waals surface area contributed by atoms with Crippen molar-refractivity contribution in [1.82, 2.24) is 5.32 Å². The number of hydrogen-bond donors (Lipinski definition) is 1. The van der Waals surface area contributed by atoms with Crippen molar-refractivity contribution >= 4 is 16.1 Å². The van der Waals surface area contributed by atoms with Gasteiger partial charge in [0, 0.05) is 0 Å². The highest BCUT2D eigenvalue weighted by molar-refractivity contribution is 7.86. The molecular formula is C24H37NO6S. The predicted octanol–water partition coefficient (Wildman–Crippen LogP) is 3.74. The lowest BCUT2D eigenvalue weighted by Crippen LogP contribution is -2.51. The van der Waals surface area contributed by atoms with E-state index in [1.807, 2.05) is 27.7 Å². The average Bonchev–Trinajstić information content (AvgIpc) is 2.72. The molecule has 3 rings (SSSR count). The number of carbonyl (C=O) groups is 1. The normalized spacial score (nSPS) is 26.8. The second kappa shape index (κ2) is 10.2. The molecular weight excluding hydrogens is 430 g/mol. The maximum absolute atomic E-state index is 12.5. The summed E-state index contributed by atoms with van der Waals surface area (Å²) >= 11 is 0. The fourth-order valence-electron chi connectivity index (χ4n) is 4.61. The van der Waals surface area contributed by atoms with Crippen molar-refractivity contribution in [2.45, 2.75) is 88.9 Å². The van der Waals surface area contributed by atoms with E-state index in [2.05, 4.69) is 5.32 Å². The van der Waals surface area contributed by atoms with E-state index in [9.17, 15) is 13.2 Å². The molecule has 1 saturated carbocycles. The van der Waals surface area contributed by atoms with Crippen molar-refractivity contribution < 1.29 is 26.9 Å². The fraction of sp³-hybridized carbons (Fsp3) is 0.708. The number of piperidine rings is 1. The van der Waals surface area contributed by atoms with E-state index in [0.717, 1.165) is 50.6 Å². The highest BCUT2D eigenvalue weighted by Gasteiger charge is 2.42. The third-order valence-corrected chi connectivity index (χ3v) is 7.68. The molecule has 1 aromatic carbocycles. The Labute approximate surface area is 192 Å². The fourth-order valence-corrected chi connectivity index (χ4v) is 5.51. The van der Waals surface area contributed by atoms with Crippen LogP contribution in [0.15, 0.2) is 29.2 Å². The molecule has 1 aliphatic heterocycles. The van der Waals surface area contributed by atoms with Crippen LogP contribution in [0.25, 0.3) is 0 Å². The summed E-state index contributed by atoms with van der Waals surface area (Å²) < 4.78 is 41.1. The van der Waals surface area contributed by atoms with Crippen molar-refractivity contribution in [3.05, 3.63) is 29.8 Å². The Morgan fingerprint density at radius 3 is 2.38 bits per heavy atom. The van der Waals surface area contributed by atoms with Crippen LogP contribution in [0.3, 0.4) is 0 Å². The zero-order valence-corrected chi connectivity index (χ0v) is 20.5. The summed E-state index contributed by atoms with van der Waals surface area (Å²) in [6, 6.07) is 6.35. The number of benzene rings is 1. The summed E-state index contributed by atoms with van der Waals surface area (Å²) in [6.07, 6.45) is 5.77. The highest BCUT2D eigenvalue weighted by atomic mass is 32.2. The van der Waals surface area contributed by atoms with Gasteiger partial charge in [-0.05, 0) is 90.3 Å². The van der Waals surface area contributed by atoms with E-state index >= 15 is 0 Å². The Morgan fingerprint density at radius 2 is 1.75 bits per heavy atom. The van der Waals surface area contributed by atoms with E-state index in [1.54, 1.807) is 24.3 Å². The lowest BCUT2D eigenvalue weighted by molar-refractivity contribution is -0.160. The molecule has 2 aliphatic rings. The number of hydrogen-bond acceptors (Lipinski definition) is 7. The Morgan fingerprint density at radius 1 is 1.09 bits per heavy atom. The van der Waals surface area contributed by atoms with Gasteiger partial charge in [-0.15, -0.1) is 0 Å². The SMILES string of the molecule is Cc1ccc(S(=O)(=O)OCCOC2CCC3(CCNC(C(=O)OC(C)(C)C)C3)CC2)cc1. The smallest absolute Gasteiger partial charge is 0.323 e. The van der Waals surface area contributed by atoms with Gasteiger partial charge >= 0.3 is 5.97 Å². The minimum absolute atomic E-state index is 0.00247. The standard InChI is InChI=1S/C24H37NO6S/c1-18-5-7-20(8-6-18)32(27,28)30-16-15-29-19-9-11-24(12-10-19)13-14-25-21(17-24)22(26)31-23(2,3)4/h5-8,19,21,25H,9-17H2,1-4H3. The van der Waals surface area contributed by atoms with Crippen molar-refractivity contribution in [2.75, 3.05) is 19.8 Å². The van der Waals surface area contributed by atoms with Gasteiger partial charge in [0.2, 0.25) is 0 Å². The van der Waals surface area contributed by atoms with Crippen LogP contribution in [0.2, 0.25) is 0 Å². The first-order chi connectivity index (χ1) is 15.0. The lowest BCUT2D eigenvalue weighted by Gasteiger charge is -2.45. The van der Waals surface area contributed by atoms with E-state index in [1.165, 1.54) is 0 Å². The zero-order valence-electron chi connectivity index (χ0n) is 19.7. The molecule has 7 nitrogen and oxygen atoms in total. The highest BCUT2D eigenvalue weighted by Crippen LogP contribution is 2.45. The maximum atomic E-state index is 12.5. The van der Waals surface area contributed by atoms with Crippen molar-refractivity contribution in [1.29, 1.82) is 0 Å². The van der Waals surface area contributed by atoms with Crippen molar-refractivity contribution in [2.24, 2.45) is 5.41 Å². The Bertz CT molecular complexity index is 867. The van der Waals surface area contributed by atoms with Gasteiger partial charge in [0.1, 0.15) is 11.6 Å². The summed E-state index contributed by atoms with van der Waals surface area (Å²) in [6.45, 7) is 8.64. The van der Waals surface area contributed by atoms with Gasteiger partial charge in [0.05, 0.1) is 24.2 Å². The van der Waals surface area contributed by atoms with Gasteiger partial charge in [-0.3, -0.25) is 8.98 Å². The number of ether oxygens (including phenoxy) is 2. The quantitative estimate of drug-likeness (QED) is 0.371. The number of rotatable bonds is 7. The first-order valence-corrected chi connectivity index (χ1v) is 12.9. The van der Waals surface area contributed by atoms with E-state index in [-0.39, 0.29) is 41.6 Å². The number of nitrogens with one attached hydrogen (secondary N) is 1. The summed E-state index contributed by atoms with van der Waals surface area (Å²) in [5, 5.41) is 3.32. The zero-order chi connectivity index (χ0) is 23.4. The monoisotopic (exact) mass is 467 g/mol. The van der Waals surface area contributed by atoms with Gasteiger partial charge in [-0.2, -0.15) is 8.42 Å². The van der Waals surface area contributed by atoms with Gasteiger partial charge in [-0.1, -0.05) is 17.7 Å². The van der Waals surface area contributed by atoms with Crippen molar-refractivity contribution in [3.8, 4) is 0 Å². The molecule has 1 N–H and O–H groups in total. The number of carbonyl (C=O) groups excluding carboxylic acids is 1. The molecule has 1 atom stereocenters. The third kappa shape index (κ3) is 7.01. The van der Waals surface area contributed by atoms with Crippen LogP contribution in [-0.4, -0.2) is 51.9 Å². The number of aryl methyl sites for hydroxylation is 1. The molecule has 0 bridgehead atoms. The Kier molecular flexibility index (Phi) is 8.02. The molecule has 32 heavy (non-hydrogen) atoms. The first kappa shape index (κ1) is 25.1. The lowest BCUT2D eigenvalue weighted by atomic mass is 9.66. The summed E-state index contributed by atoms with van der Waals surface area (Å²) in [5.74, 6) is -0.165. The van der Waals surface area contributed by atoms with Gasteiger partial charge in [0.25, 0.3) is 10.1 Å². The summed E-state index contributed by atoms with van der Waals surface area (Å²) in [7, 11) is -3.76. The van der Waals surface area contributed by atoms with Crippen LogP contribution < -0.4 is 5.32 Å². The Hall–Kier alpha value is -1.48. The number of esters is 1. The van der Waals surface area contributed by atoms with Crippen molar-refractivity contribution in [3.63, 3.8) is 0 Å². The molecule has 1 aliphatic carbocycles. The molecule has 1 heterocycles.